The molecule has 1 aliphatic rings. The maximum absolute atomic E-state index is 2.53. The molecule has 1 rings (SSSR count). The summed E-state index contributed by atoms with van der Waals surface area (Å²) in [4.78, 5) is 0. The largest absolute Gasteiger partial charge is 0.0826 e. The number of hydrogen-bond donors (Lipinski definition) is 0. The minimum Gasteiger partial charge on any atom is -0.0826 e. The summed E-state index contributed by atoms with van der Waals surface area (Å²) in [6, 6.07) is 0. The van der Waals surface area contributed by atoms with Gasteiger partial charge < -0.3 is 0 Å². The van der Waals surface area contributed by atoms with Crippen molar-refractivity contribution in [2.45, 2.75) is 24.7 Å². The average Bonchev–Trinajstić information content (AvgIpc) is 2.15. The first-order valence-electron chi connectivity index (χ1n) is 3.28. The van der Waals surface area contributed by atoms with Crippen molar-refractivity contribution >= 4 is 22.6 Å². The summed E-state index contributed by atoms with van der Waals surface area (Å²) >= 11 is 2.53. The lowest BCUT2D eigenvalue weighted by atomic mass is 10.3. The van der Waals surface area contributed by atoms with Crippen molar-refractivity contribution in [2.24, 2.45) is 17.8 Å². The summed E-state index contributed by atoms with van der Waals surface area (Å²) in [5.41, 5.74) is 0. The van der Waals surface area contributed by atoms with Crippen LogP contribution in [0, 0.1) is 17.8 Å². The van der Waals surface area contributed by atoms with Crippen LogP contribution in [-0.2, 0) is 0 Å². The SMILES string of the molecule is CC(I)C1[C@@H](C)[C@H]1C. The molecule has 0 amide bonds. The summed E-state index contributed by atoms with van der Waals surface area (Å²) < 4.78 is 0.887. The molecule has 0 saturated heterocycles. The highest BCUT2D eigenvalue weighted by Gasteiger charge is 2.44. The first-order chi connectivity index (χ1) is 3.64. The fraction of sp³-hybridized carbons (Fsp3) is 1.00. The third kappa shape index (κ3) is 1.02. The second-order valence-electron chi connectivity index (χ2n) is 2.97. The van der Waals surface area contributed by atoms with E-state index in [1.165, 1.54) is 0 Å². The van der Waals surface area contributed by atoms with Crippen molar-refractivity contribution in [3.63, 3.8) is 0 Å². The molecular formula is C7H13I. The molecule has 0 bridgehead atoms. The second-order valence-corrected chi connectivity index (χ2v) is 4.94. The van der Waals surface area contributed by atoms with Gasteiger partial charge in [-0.05, 0) is 17.8 Å². The lowest BCUT2D eigenvalue weighted by molar-refractivity contribution is 0.745. The Morgan fingerprint density at radius 1 is 1.25 bits per heavy atom. The van der Waals surface area contributed by atoms with Gasteiger partial charge in [-0.1, -0.05) is 43.4 Å². The summed E-state index contributed by atoms with van der Waals surface area (Å²) in [7, 11) is 0. The van der Waals surface area contributed by atoms with E-state index < -0.39 is 0 Å². The van der Waals surface area contributed by atoms with Crippen molar-refractivity contribution in [3.05, 3.63) is 0 Å². The van der Waals surface area contributed by atoms with Gasteiger partial charge in [-0.2, -0.15) is 0 Å². The second kappa shape index (κ2) is 2.16. The molecule has 0 heterocycles. The molecule has 0 N–H and O–H groups in total. The van der Waals surface area contributed by atoms with Crippen LogP contribution in [0.1, 0.15) is 20.8 Å². The Bertz CT molecular complexity index is 73.6. The van der Waals surface area contributed by atoms with Crippen molar-refractivity contribution < 1.29 is 0 Å². The standard InChI is InChI=1S/C7H13I/c1-4-5(2)7(4)6(3)8/h4-7H,1-3H3/t4-,5+,6?,7?. The molecule has 0 aromatic heterocycles. The van der Waals surface area contributed by atoms with Crippen molar-refractivity contribution in [2.75, 3.05) is 0 Å². The van der Waals surface area contributed by atoms with Crippen molar-refractivity contribution in [1.82, 2.24) is 0 Å². The van der Waals surface area contributed by atoms with Gasteiger partial charge in [0.15, 0.2) is 0 Å². The summed E-state index contributed by atoms with van der Waals surface area (Å²) in [5, 5.41) is 0. The van der Waals surface area contributed by atoms with E-state index in [2.05, 4.69) is 43.4 Å². The van der Waals surface area contributed by atoms with Crippen molar-refractivity contribution in [1.29, 1.82) is 0 Å². The summed E-state index contributed by atoms with van der Waals surface area (Å²) in [6.45, 7) is 7.01. The third-order valence-electron chi connectivity index (χ3n) is 2.43. The summed E-state index contributed by atoms with van der Waals surface area (Å²) in [6.07, 6.45) is 0. The van der Waals surface area contributed by atoms with Crippen LogP contribution >= 0.6 is 22.6 Å². The van der Waals surface area contributed by atoms with E-state index in [1.54, 1.807) is 0 Å². The zero-order valence-corrected chi connectivity index (χ0v) is 7.84. The smallest absolute Gasteiger partial charge is 0.0115 e. The van der Waals surface area contributed by atoms with Crippen LogP contribution in [0.3, 0.4) is 0 Å². The molecule has 0 aliphatic heterocycles. The van der Waals surface area contributed by atoms with Crippen LogP contribution in [-0.4, -0.2) is 3.92 Å². The van der Waals surface area contributed by atoms with Gasteiger partial charge in [-0.3, -0.25) is 0 Å². The Labute approximate surface area is 65.2 Å². The molecule has 48 valence electrons. The number of hydrogen-bond acceptors (Lipinski definition) is 0. The molecule has 1 heteroatoms. The topological polar surface area (TPSA) is 0 Å². The van der Waals surface area contributed by atoms with Gasteiger partial charge in [0.25, 0.3) is 0 Å². The Morgan fingerprint density at radius 3 is 1.62 bits per heavy atom. The molecule has 1 saturated carbocycles. The Kier molecular flexibility index (Phi) is 1.85. The zero-order valence-electron chi connectivity index (χ0n) is 5.69. The maximum atomic E-state index is 2.53. The first kappa shape index (κ1) is 6.84. The number of alkyl halides is 1. The predicted molar refractivity (Wildman–Crippen MR) is 45.3 cm³/mol. The molecule has 1 aliphatic carbocycles. The number of halogens is 1. The molecule has 4 atom stereocenters. The third-order valence-corrected chi connectivity index (χ3v) is 3.26. The van der Waals surface area contributed by atoms with Crippen LogP contribution in [0.2, 0.25) is 0 Å². The molecule has 0 radical (unpaired) electrons. The van der Waals surface area contributed by atoms with Crippen LogP contribution in [0.4, 0.5) is 0 Å². The van der Waals surface area contributed by atoms with E-state index in [9.17, 15) is 0 Å². The Hall–Kier alpha value is 0.730. The fourth-order valence-corrected chi connectivity index (χ4v) is 2.85. The lowest BCUT2D eigenvalue weighted by Crippen LogP contribution is -1.93. The van der Waals surface area contributed by atoms with Gasteiger partial charge in [0.05, 0.1) is 0 Å². The van der Waals surface area contributed by atoms with Crippen LogP contribution in [0.5, 0.6) is 0 Å². The highest BCUT2D eigenvalue weighted by atomic mass is 127. The van der Waals surface area contributed by atoms with Gasteiger partial charge in [0.1, 0.15) is 0 Å². The van der Waals surface area contributed by atoms with Gasteiger partial charge in [0.2, 0.25) is 0 Å². The molecule has 8 heavy (non-hydrogen) atoms. The molecule has 0 aromatic carbocycles. The van der Waals surface area contributed by atoms with Gasteiger partial charge in [-0.25, -0.2) is 0 Å². The quantitative estimate of drug-likeness (QED) is 0.474. The summed E-state index contributed by atoms with van der Waals surface area (Å²) in [5.74, 6) is 3.03. The highest BCUT2D eigenvalue weighted by Crippen LogP contribution is 2.49. The molecule has 1 fully saturated rings. The lowest BCUT2D eigenvalue weighted by Gasteiger charge is -1.96. The average molecular weight is 224 g/mol. The van der Waals surface area contributed by atoms with E-state index in [0.29, 0.717) is 0 Å². The van der Waals surface area contributed by atoms with E-state index in [1.807, 2.05) is 0 Å². The van der Waals surface area contributed by atoms with Crippen LogP contribution in [0.25, 0.3) is 0 Å². The van der Waals surface area contributed by atoms with Gasteiger partial charge in [-0.15, -0.1) is 0 Å². The van der Waals surface area contributed by atoms with E-state index in [-0.39, 0.29) is 0 Å². The van der Waals surface area contributed by atoms with Crippen LogP contribution < -0.4 is 0 Å². The monoisotopic (exact) mass is 224 g/mol. The molecule has 0 aromatic rings. The fourth-order valence-electron chi connectivity index (χ4n) is 1.54. The Morgan fingerprint density at radius 2 is 1.62 bits per heavy atom. The molecular weight excluding hydrogens is 211 g/mol. The van der Waals surface area contributed by atoms with E-state index in [0.717, 1.165) is 21.7 Å². The minimum absolute atomic E-state index is 0.887. The van der Waals surface area contributed by atoms with Gasteiger partial charge >= 0.3 is 0 Å². The van der Waals surface area contributed by atoms with Gasteiger partial charge in [0, 0.05) is 3.92 Å². The molecule has 0 spiro atoms. The van der Waals surface area contributed by atoms with Crippen molar-refractivity contribution in [3.8, 4) is 0 Å². The van der Waals surface area contributed by atoms with E-state index in [4.69, 9.17) is 0 Å². The highest BCUT2D eigenvalue weighted by molar-refractivity contribution is 14.1. The first-order valence-corrected chi connectivity index (χ1v) is 4.53. The molecule has 2 unspecified atom stereocenters. The molecule has 0 nitrogen and oxygen atoms in total. The Balaban J connectivity index is 2.33. The van der Waals surface area contributed by atoms with Crippen LogP contribution in [0.15, 0.2) is 0 Å². The zero-order chi connectivity index (χ0) is 6.31. The predicted octanol–water partition coefficient (Wildman–Crippen LogP) is 2.71. The number of rotatable bonds is 1. The minimum atomic E-state index is 0.887. The maximum Gasteiger partial charge on any atom is 0.0115 e. The normalized spacial score (nSPS) is 48.8. The van der Waals surface area contributed by atoms with E-state index >= 15 is 0 Å².